The van der Waals surface area contributed by atoms with Crippen LogP contribution in [-0.4, -0.2) is 86.1 Å². The number of imide groups is 1. The first-order valence-corrected chi connectivity index (χ1v) is 9.89. The Bertz CT molecular complexity index is 793. The van der Waals surface area contributed by atoms with Crippen molar-refractivity contribution >= 4 is 17.4 Å². The summed E-state index contributed by atoms with van der Waals surface area (Å²) in [4.78, 5) is 32.4. The van der Waals surface area contributed by atoms with E-state index in [0.717, 1.165) is 39.0 Å². The summed E-state index contributed by atoms with van der Waals surface area (Å²) in [5.41, 5.74) is 1.62. The van der Waals surface area contributed by atoms with E-state index in [-0.39, 0.29) is 17.9 Å². The summed E-state index contributed by atoms with van der Waals surface area (Å²) in [5, 5.41) is 0. The van der Waals surface area contributed by atoms with Crippen molar-refractivity contribution in [3.8, 4) is 5.75 Å². The zero-order valence-electron chi connectivity index (χ0n) is 16.5. The highest BCUT2D eigenvalue weighted by Crippen LogP contribution is 2.36. The monoisotopic (exact) mass is 385 g/mol. The molecule has 1 aromatic carbocycles. The molecule has 0 spiro atoms. The van der Waals surface area contributed by atoms with Gasteiger partial charge in [0.1, 0.15) is 11.4 Å². The molecule has 0 bridgehead atoms. The molecule has 2 fully saturated rings. The van der Waals surface area contributed by atoms with Crippen LogP contribution in [-0.2, 0) is 14.3 Å². The van der Waals surface area contributed by atoms with E-state index in [4.69, 9.17) is 9.47 Å². The minimum absolute atomic E-state index is 0.0707. The van der Waals surface area contributed by atoms with Gasteiger partial charge in [0.2, 0.25) is 0 Å². The van der Waals surface area contributed by atoms with E-state index >= 15 is 0 Å². The zero-order chi connectivity index (χ0) is 19.7. The van der Waals surface area contributed by atoms with Gasteiger partial charge in [0.05, 0.1) is 25.3 Å². The minimum atomic E-state index is -0.251. The largest absolute Gasteiger partial charge is 0.496 e. The maximum Gasteiger partial charge on any atom is 0.277 e. The molecular weight excluding hydrogens is 358 g/mol. The molecular formula is C21H27N3O4. The fraction of sp³-hybridized carbons (Fsp3) is 0.524. The second-order valence-corrected chi connectivity index (χ2v) is 7.57. The number of para-hydroxylation sites is 1. The third kappa shape index (κ3) is 3.40. The van der Waals surface area contributed by atoms with Crippen molar-refractivity contribution in [3.05, 3.63) is 35.5 Å². The molecule has 28 heavy (non-hydrogen) atoms. The van der Waals surface area contributed by atoms with Gasteiger partial charge in [0.25, 0.3) is 11.8 Å². The van der Waals surface area contributed by atoms with Crippen molar-refractivity contribution < 1.29 is 19.1 Å². The third-order valence-corrected chi connectivity index (χ3v) is 5.75. The van der Waals surface area contributed by atoms with Crippen molar-refractivity contribution in [2.75, 3.05) is 53.5 Å². The Morgan fingerprint density at radius 2 is 1.86 bits per heavy atom. The van der Waals surface area contributed by atoms with Crippen molar-refractivity contribution in [1.82, 2.24) is 14.7 Å². The molecule has 0 saturated carbocycles. The number of likely N-dealkylation sites (N-methyl/N-ethyl adjacent to an activating group) is 1. The number of hydrogen-bond acceptors (Lipinski definition) is 6. The molecule has 1 atom stereocenters. The molecule has 150 valence electrons. The number of rotatable bonds is 5. The summed E-state index contributed by atoms with van der Waals surface area (Å²) in [6, 6.07) is 7.41. The molecule has 1 aromatic rings. The first kappa shape index (κ1) is 19.0. The highest BCUT2D eigenvalue weighted by Gasteiger charge is 2.43. The summed E-state index contributed by atoms with van der Waals surface area (Å²) in [6.07, 6.45) is 1.78. The Morgan fingerprint density at radius 1 is 1.11 bits per heavy atom. The van der Waals surface area contributed by atoms with Gasteiger partial charge in [0.15, 0.2) is 0 Å². The van der Waals surface area contributed by atoms with Crippen LogP contribution in [0.4, 0.5) is 0 Å². The maximum absolute atomic E-state index is 13.4. The number of ether oxygens (including phenoxy) is 2. The standard InChI is InChI=1S/C21H27N3O4/c1-22-9-11-23(12-10-22)19-18(16-7-3-4-8-17(16)27-2)20(25)24(21(19)26)14-15-6-5-13-28-15/h3-4,7-8,15H,5-6,9-14H2,1-2H3. The maximum atomic E-state index is 13.4. The number of benzene rings is 1. The molecule has 7 nitrogen and oxygen atoms in total. The van der Waals surface area contributed by atoms with Crippen molar-refractivity contribution in [3.63, 3.8) is 0 Å². The van der Waals surface area contributed by atoms with Crippen LogP contribution in [0.3, 0.4) is 0 Å². The van der Waals surface area contributed by atoms with Crippen LogP contribution in [0.15, 0.2) is 30.0 Å². The van der Waals surface area contributed by atoms with Crippen LogP contribution in [0.1, 0.15) is 18.4 Å². The molecule has 0 N–H and O–H groups in total. The molecule has 3 aliphatic rings. The normalized spacial score (nSPS) is 23.9. The summed E-state index contributed by atoms with van der Waals surface area (Å²) in [6.45, 7) is 4.16. The second-order valence-electron chi connectivity index (χ2n) is 7.57. The predicted molar refractivity (Wildman–Crippen MR) is 105 cm³/mol. The average Bonchev–Trinajstić information content (AvgIpc) is 3.31. The van der Waals surface area contributed by atoms with Crippen LogP contribution in [0.5, 0.6) is 5.75 Å². The van der Waals surface area contributed by atoms with Gasteiger partial charge in [-0.3, -0.25) is 14.5 Å². The van der Waals surface area contributed by atoms with E-state index in [0.29, 0.717) is 35.7 Å². The van der Waals surface area contributed by atoms with Crippen LogP contribution < -0.4 is 4.74 Å². The van der Waals surface area contributed by atoms with E-state index in [9.17, 15) is 9.59 Å². The highest BCUT2D eigenvalue weighted by molar-refractivity contribution is 6.36. The fourth-order valence-electron chi connectivity index (χ4n) is 4.14. The van der Waals surface area contributed by atoms with Crippen LogP contribution >= 0.6 is 0 Å². The second kappa shape index (κ2) is 7.93. The molecule has 3 aliphatic heterocycles. The van der Waals surface area contributed by atoms with Gasteiger partial charge >= 0.3 is 0 Å². The average molecular weight is 385 g/mol. The van der Waals surface area contributed by atoms with Gasteiger partial charge < -0.3 is 19.3 Å². The Morgan fingerprint density at radius 3 is 2.54 bits per heavy atom. The highest BCUT2D eigenvalue weighted by atomic mass is 16.5. The number of nitrogens with zero attached hydrogens (tertiary/aromatic N) is 3. The van der Waals surface area contributed by atoms with Crippen LogP contribution in [0.25, 0.3) is 5.57 Å². The quantitative estimate of drug-likeness (QED) is 0.710. The predicted octanol–water partition coefficient (Wildman–Crippen LogP) is 1.20. The van der Waals surface area contributed by atoms with Gasteiger partial charge in [-0.25, -0.2) is 0 Å². The number of carbonyl (C=O) groups excluding carboxylic acids is 2. The Kier molecular flexibility index (Phi) is 5.37. The van der Waals surface area contributed by atoms with Crippen LogP contribution in [0, 0.1) is 0 Å². The van der Waals surface area contributed by atoms with E-state index in [1.54, 1.807) is 7.11 Å². The van der Waals surface area contributed by atoms with Crippen molar-refractivity contribution in [1.29, 1.82) is 0 Å². The first-order valence-electron chi connectivity index (χ1n) is 9.89. The number of hydrogen-bond donors (Lipinski definition) is 0. The lowest BCUT2D eigenvalue weighted by molar-refractivity contribution is -0.139. The molecule has 0 aromatic heterocycles. The lowest BCUT2D eigenvalue weighted by atomic mass is 10.0. The number of piperazine rings is 1. The Labute approximate surface area is 165 Å². The molecule has 7 heteroatoms. The van der Waals surface area contributed by atoms with Crippen molar-refractivity contribution in [2.24, 2.45) is 0 Å². The zero-order valence-corrected chi connectivity index (χ0v) is 16.5. The van der Waals surface area contributed by atoms with Crippen LogP contribution in [0.2, 0.25) is 0 Å². The van der Waals surface area contributed by atoms with Gasteiger partial charge in [-0.2, -0.15) is 0 Å². The van der Waals surface area contributed by atoms with Gasteiger partial charge in [0, 0.05) is 38.3 Å². The Balaban J connectivity index is 1.73. The molecule has 2 saturated heterocycles. The summed E-state index contributed by atoms with van der Waals surface area (Å²) in [5.74, 6) is 0.133. The summed E-state index contributed by atoms with van der Waals surface area (Å²) < 4.78 is 11.2. The molecule has 0 radical (unpaired) electrons. The minimum Gasteiger partial charge on any atom is -0.496 e. The number of carbonyl (C=O) groups is 2. The van der Waals surface area contributed by atoms with E-state index < -0.39 is 0 Å². The number of amides is 2. The van der Waals surface area contributed by atoms with E-state index in [2.05, 4.69) is 16.8 Å². The first-order chi connectivity index (χ1) is 13.6. The SMILES string of the molecule is COc1ccccc1C1=C(N2CCN(C)CC2)C(=O)N(CC2CCCO2)C1=O. The van der Waals surface area contributed by atoms with Gasteiger partial charge in [-0.1, -0.05) is 18.2 Å². The topological polar surface area (TPSA) is 62.3 Å². The smallest absolute Gasteiger partial charge is 0.277 e. The van der Waals surface area contributed by atoms with Gasteiger partial charge in [-0.15, -0.1) is 0 Å². The van der Waals surface area contributed by atoms with E-state index in [1.807, 2.05) is 24.3 Å². The molecule has 2 amide bonds. The summed E-state index contributed by atoms with van der Waals surface area (Å²) >= 11 is 0. The fourth-order valence-corrected chi connectivity index (χ4v) is 4.14. The molecule has 3 heterocycles. The third-order valence-electron chi connectivity index (χ3n) is 5.75. The van der Waals surface area contributed by atoms with Crippen molar-refractivity contribution in [2.45, 2.75) is 18.9 Å². The molecule has 1 unspecified atom stereocenters. The summed E-state index contributed by atoms with van der Waals surface area (Å²) in [7, 11) is 3.65. The van der Waals surface area contributed by atoms with E-state index in [1.165, 1.54) is 4.90 Å². The number of methoxy groups -OCH3 is 1. The lowest BCUT2D eigenvalue weighted by Crippen LogP contribution is -2.46. The molecule has 0 aliphatic carbocycles. The molecule has 4 rings (SSSR count). The Hall–Kier alpha value is -2.38. The van der Waals surface area contributed by atoms with Gasteiger partial charge in [-0.05, 0) is 26.0 Å². The lowest BCUT2D eigenvalue weighted by Gasteiger charge is -2.34.